The molecule has 0 aliphatic heterocycles. The molecule has 0 aromatic heterocycles. The van der Waals surface area contributed by atoms with Gasteiger partial charge in [-0.05, 0) is 88.2 Å². The van der Waals surface area contributed by atoms with E-state index < -0.39 is 5.97 Å². The van der Waals surface area contributed by atoms with Gasteiger partial charge in [0.15, 0.2) is 0 Å². The highest BCUT2D eigenvalue weighted by molar-refractivity contribution is 6.27. The van der Waals surface area contributed by atoms with E-state index >= 15 is 0 Å². The van der Waals surface area contributed by atoms with E-state index in [1.807, 2.05) is 0 Å². The number of hydrogen-bond acceptors (Lipinski definition) is 5. The van der Waals surface area contributed by atoms with Crippen LogP contribution < -0.4 is 14.2 Å². The highest BCUT2D eigenvalue weighted by Crippen LogP contribution is 2.20. The van der Waals surface area contributed by atoms with Gasteiger partial charge in [0.05, 0.1) is 18.8 Å². The summed E-state index contributed by atoms with van der Waals surface area (Å²) in [5, 5.41) is 0. The van der Waals surface area contributed by atoms with Gasteiger partial charge >= 0.3 is 5.97 Å². The Bertz CT molecular complexity index is 735. The lowest BCUT2D eigenvalue weighted by atomic mass is 10.2. The predicted octanol–water partition coefficient (Wildman–Crippen LogP) is 5.32. The summed E-state index contributed by atoms with van der Waals surface area (Å²) < 4.78 is 22.4. The zero-order valence-corrected chi connectivity index (χ0v) is 18.7. The third-order valence-electron chi connectivity index (χ3n) is 3.67. The molecule has 0 spiro atoms. The molecule has 0 atom stereocenters. The molecule has 0 aliphatic rings. The Hall–Kier alpha value is -2.31. The number of carbonyl (C=O) groups excluding carboxylic acids is 1. The Morgan fingerprint density at radius 2 is 1.41 bits per heavy atom. The van der Waals surface area contributed by atoms with Crippen molar-refractivity contribution in [2.75, 3.05) is 13.2 Å². The summed E-state index contributed by atoms with van der Waals surface area (Å²) >= 11 is 0. The van der Waals surface area contributed by atoms with Crippen molar-refractivity contribution in [3.8, 4) is 17.2 Å². The zero-order valence-electron chi connectivity index (χ0n) is 17.7. The van der Waals surface area contributed by atoms with Gasteiger partial charge < -0.3 is 18.6 Å². The number of ether oxygens (including phenoxy) is 3. The van der Waals surface area contributed by atoms with E-state index in [2.05, 4.69) is 27.7 Å². The van der Waals surface area contributed by atoms with Crippen LogP contribution in [0.2, 0.25) is 6.04 Å². The average molecular weight is 415 g/mol. The van der Waals surface area contributed by atoms with Crippen molar-refractivity contribution >= 4 is 15.7 Å². The van der Waals surface area contributed by atoms with Crippen molar-refractivity contribution in [2.24, 2.45) is 0 Å². The number of esters is 1. The first-order valence-corrected chi connectivity index (χ1v) is 11.1. The SMILES string of the molecule is CCCOc1ccc(OC(=O)c2ccc(OCCC[Si]OC(C)(C)C)cc2)cc1. The first-order chi connectivity index (χ1) is 13.9. The molecule has 156 valence electrons. The van der Waals surface area contributed by atoms with Crippen molar-refractivity contribution in [1.82, 2.24) is 0 Å². The molecule has 2 aromatic rings. The van der Waals surface area contributed by atoms with Crippen molar-refractivity contribution in [2.45, 2.75) is 52.2 Å². The van der Waals surface area contributed by atoms with Gasteiger partial charge in [0.25, 0.3) is 0 Å². The number of carbonyl (C=O) groups is 1. The summed E-state index contributed by atoms with van der Waals surface area (Å²) in [6, 6.07) is 15.0. The summed E-state index contributed by atoms with van der Waals surface area (Å²) in [6.07, 6.45) is 1.87. The van der Waals surface area contributed by atoms with Gasteiger partial charge in [-0.2, -0.15) is 0 Å². The molecule has 2 aromatic carbocycles. The summed E-state index contributed by atoms with van der Waals surface area (Å²) in [5.74, 6) is 1.58. The lowest BCUT2D eigenvalue weighted by molar-refractivity contribution is 0.0734. The van der Waals surface area contributed by atoms with Gasteiger partial charge in [-0.1, -0.05) is 6.92 Å². The highest BCUT2D eigenvalue weighted by atomic mass is 28.2. The van der Waals surface area contributed by atoms with E-state index in [1.54, 1.807) is 48.5 Å². The first kappa shape index (κ1) is 23.0. The van der Waals surface area contributed by atoms with Crippen LogP contribution in [-0.4, -0.2) is 34.5 Å². The Balaban J connectivity index is 1.74. The van der Waals surface area contributed by atoms with Crippen LogP contribution >= 0.6 is 0 Å². The molecule has 0 unspecified atom stereocenters. The Morgan fingerprint density at radius 1 is 0.862 bits per heavy atom. The highest BCUT2D eigenvalue weighted by Gasteiger charge is 2.10. The van der Waals surface area contributed by atoms with Gasteiger partial charge in [0, 0.05) is 5.60 Å². The second-order valence-corrected chi connectivity index (χ2v) is 8.54. The summed E-state index contributed by atoms with van der Waals surface area (Å²) in [6.45, 7) is 9.51. The molecule has 5 nitrogen and oxygen atoms in total. The molecule has 0 fully saturated rings. The summed E-state index contributed by atoms with van der Waals surface area (Å²) in [7, 11) is 0.481. The molecule has 2 rings (SSSR count). The topological polar surface area (TPSA) is 54.0 Å². The molecule has 0 N–H and O–H groups in total. The molecule has 0 saturated heterocycles. The second kappa shape index (κ2) is 11.6. The molecular weight excluding hydrogens is 384 g/mol. The lowest BCUT2D eigenvalue weighted by Crippen LogP contribution is -2.21. The van der Waals surface area contributed by atoms with Crippen LogP contribution in [0.4, 0.5) is 0 Å². The largest absolute Gasteiger partial charge is 0.494 e. The molecule has 29 heavy (non-hydrogen) atoms. The maximum atomic E-state index is 12.3. The Morgan fingerprint density at radius 3 is 2.00 bits per heavy atom. The van der Waals surface area contributed by atoms with E-state index in [0.29, 0.717) is 34.3 Å². The normalized spacial score (nSPS) is 11.2. The van der Waals surface area contributed by atoms with E-state index in [9.17, 15) is 4.79 Å². The molecule has 0 aliphatic carbocycles. The monoisotopic (exact) mass is 414 g/mol. The maximum Gasteiger partial charge on any atom is 0.343 e. The van der Waals surface area contributed by atoms with Crippen LogP contribution in [0.15, 0.2) is 48.5 Å². The molecule has 0 amide bonds. The quantitative estimate of drug-likeness (QED) is 0.216. The molecule has 2 radical (unpaired) electrons. The minimum Gasteiger partial charge on any atom is -0.494 e. The molecule has 6 heteroatoms. The smallest absolute Gasteiger partial charge is 0.343 e. The van der Waals surface area contributed by atoms with Crippen molar-refractivity contribution in [3.05, 3.63) is 54.1 Å². The molecular formula is C23H30O5Si. The van der Waals surface area contributed by atoms with Crippen LogP contribution in [0.3, 0.4) is 0 Å². The molecule has 0 heterocycles. The molecule has 0 bridgehead atoms. The van der Waals surface area contributed by atoms with Crippen molar-refractivity contribution in [3.63, 3.8) is 0 Å². The number of benzene rings is 2. The van der Waals surface area contributed by atoms with Crippen molar-refractivity contribution < 1.29 is 23.4 Å². The number of rotatable bonds is 11. The van der Waals surface area contributed by atoms with Crippen LogP contribution in [0.5, 0.6) is 17.2 Å². The van der Waals surface area contributed by atoms with E-state index in [4.69, 9.17) is 18.6 Å². The van der Waals surface area contributed by atoms with Crippen LogP contribution in [0.1, 0.15) is 50.9 Å². The van der Waals surface area contributed by atoms with Crippen molar-refractivity contribution in [1.29, 1.82) is 0 Å². The fraction of sp³-hybridized carbons (Fsp3) is 0.435. The minimum atomic E-state index is -0.403. The first-order valence-electron chi connectivity index (χ1n) is 9.96. The van der Waals surface area contributed by atoms with Gasteiger partial charge in [-0.25, -0.2) is 4.79 Å². The second-order valence-electron chi connectivity index (χ2n) is 7.54. The van der Waals surface area contributed by atoms with Gasteiger partial charge in [0.1, 0.15) is 17.2 Å². The fourth-order valence-corrected chi connectivity index (χ4v) is 3.10. The Kier molecular flexibility index (Phi) is 9.21. The third kappa shape index (κ3) is 9.15. The number of hydrogen-bond donors (Lipinski definition) is 0. The Labute approximate surface area is 176 Å². The van der Waals surface area contributed by atoms with E-state index in [1.165, 1.54) is 0 Å². The summed E-state index contributed by atoms with van der Waals surface area (Å²) in [5.41, 5.74) is 0.387. The van der Waals surface area contributed by atoms with E-state index in [0.717, 1.165) is 30.4 Å². The minimum absolute atomic E-state index is 0.0887. The van der Waals surface area contributed by atoms with Crippen LogP contribution in [0, 0.1) is 0 Å². The van der Waals surface area contributed by atoms with Crippen LogP contribution in [-0.2, 0) is 4.43 Å². The average Bonchev–Trinajstić information content (AvgIpc) is 2.69. The maximum absolute atomic E-state index is 12.3. The van der Waals surface area contributed by atoms with Crippen LogP contribution in [0.25, 0.3) is 0 Å². The van der Waals surface area contributed by atoms with Gasteiger partial charge in [-0.3, -0.25) is 0 Å². The standard InChI is InChI=1S/C23H30O5Si/c1-5-15-25-20-11-13-21(14-12-20)27-22(24)18-7-9-19(10-8-18)26-16-6-17-29-28-23(2,3)4/h7-14H,5-6,15-17H2,1-4H3. The van der Waals surface area contributed by atoms with Gasteiger partial charge in [0.2, 0.25) is 9.76 Å². The fourth-order valence-electron chi connectivity index (χ4n) is 2.28. The lowest BCUT2D eigenvalue weighted by Gasteiger charge is -2.19. The predicted molar refractivity (Wildman–Crippen MR) is 115 cm³/mol. The third-order valence-corrected chi connectivity index (χ3v) is 4.98. The van der Waals surface area contributed by atoms with Gasteiger partial charge in [-0.15, -0.1) is 0 Å². The summed E-state index contributed by atoms with van der Waals surface area (Å²) in [4.78, 5) is 12.3. The zero-order chi connectivity index (χ0) is 21.1. The van der Waals surface area contributed by atoms with E-state index in [-0.39, 0.29) is 5.60 Å². The molecule has 0 saturated carbocycles.